The lowest BCUT2D eigenvalue weighted by Crippen LogP contribution is -2.47. The van der Waals surface area contributed by atoms with Crippen molar-refractivity contribution in [3.63, 3.8) is 0 Å². The number of phosphoric acid groups is 1. The number of likely N-dealkylation sites (N-methyl/N-ethyl adjacent to an activating group) is 1. The van der Waals surface area contributed by atoms with Crippen molar-refractivity contribution in [3.8, 4) is 0 Å². The maximum absolute atomic E-state index is 13.4. The second kappa shape index (κ2) is 45.7. The van der Waals surface area contributed by atoms with Gasteiger partial charge in [0.2, 0.25) is 5.91 Å². The van der Waals surface area contributed by atoms with Crippen LogP contribution in [0.5, 0.6) is 0 Å². The molecule has 0 aromatic rings. The summed E-state index contributed by atoms with van der Waals surface area (Å²) < 4.78 is 30.5. The van der Waals surface area contributed by atoms with Crippen LogP contribution in [-0.4, -0.2) is 74.3 Å². The van der Waals surface area contributed by atoms with E-state index in [-0.39, 0.29) is 31.5 Å². The van der Waals surface area contributed by atoms with Crippen LogP contribution in [-0.2, 0) is 27.9 Å². The van der Waals surface area contributed by atoms with Crippen molar-refractivity contribution in [3.05, 3.63) is 48.6 Å². The first kappa shape index (κ1) is 63.0. The van der Waals surface area contributed by atoms with Gasteiger partial charge in [-0.25, -0.2) is 4.57 Å². The minimum absolute atomic E-state index is 0.0387. The summed E-state index contributed by atoms with van der Waals surface area (Å²) in [4.78, 5) is 37.4. The van der Waals surface area contributed by atoms with Crippen LogP contribution >= 0.6 is 7.82 Å². The van der Waals surface area contributed by atoms with E-state index >= 15 is 0 Å². The number of ether oxygens (including phenoxy) is 1. The highest BCUT2D eigenvalue weighted by molar-refractivity contribution is 7.47. The van der Waals surface area contributed by atoms with Gasteiger partial charge in [0.25, 0.3) is 0 Å². The largest absolute Gasteiger partial charge is 0.472 e. The predicted molar refractivity (Wildman–Crippen MR) is 277 cm³/mol. The zero-order valence-corrected chi connectivity index (χ0v) is 44.1. The summed E-state index contributed by atoms with van der Waals surface area (Å²) in [5.74, 6) is -0.517. The van der Waals surface area contributed by atoms with E-state index in [9.17, 15) is 19.0 Å². The number of hydrogen-bond donors (Lipinski definition) is 2. The Kier molecular flexibility index (Phi) is 44.3. The van der Waals surface area contributed by atoms with Crippen LogP contribution < -0.4 is 5.32 Å². The first-order valence-electron chi connectivity index (χ1n) is 27.0. The number of allylic oxidation sites excluding steroid dienone is 7. The highest BCUT2D eigenvalue weighted by Crippen LogP contribution is 2.43. The molecule has 3 unspecified atom stereocenters. The van der Waals surface area contributed by atoms with Gasteiger partial charge in [0.05, 0.1) is 33.8 Å². The normalized spacial score (nSPS) is 14.3. The SMILES string of the molecule is CC/C=C/C=C/C=C/CCCCCCCCCC(=O)OC(/C=C/CCCCCCCCCCCCC)C(COP(=O)(O)OCC[N+](C)(C)C)NC(=O)CCCCCCCCCCCCC. The Labute approximate surface area is 401 Å². The fraction of sp³-hybridized carbons (Fsp3) is 0.818. The number of esters is 1. The highest BCUT2D eigenvalue weighted by atomic mass is 31.2. The Morgan fingerprint density at radius 1 is 0.554 bits per heavy atom. The Hall–Kier alpha value is -2.03. The lowest BCUT2D eigenvalue weighted by molar-refractivity contribution is -0.870. The monoisotopic (exact) mass is 936 g/mol. The number of hydrogen-bond acceptors (Lipinski definition) is 6. The molecule has 0 aliphatic carbocycles. The van der Waals surface area contributed by atoms with E-state index in [1.54, 1.807) is 0 Å². The van der Waals surface area contributed by atoms with Gasteiger partial charge in [0.1, 0.15) is 19.3 Å². The van der Waals surface area contributed by atoms with Crippen molar-refractivity contribution in [2.75, 3.05) is 40.9 Å². The topological polar surface area (TPSA) is 111 Å². The van der Waals surface area contributed by atoms with Crippen LogP contribution in [0.4, 0.5) is 0 Å². The number of rotatable bonds is 48. The maximum Gasteiger partial charge on any atom is 0.472 e. The van der Waals surface area contributed by atoms with Crippen molar-refractivity contribution in [1.29, 1.82) is 0 Å². The van der Waals surface area contributed by atoms with Gasteiger partial charge in [0.15, 0.2) is 0 Å². The smallest absolute Gasteiger partial charge is 0.456 e. The molecule has 0 aromatic heterocycles. The summed E-state index contributed by atoms with van der Waals surface area (Å²) in [5.41, 5.74) is 0. The van der Waals surface area contributed by atoms with E-state index in [1.807, 2.05) is 33.3 Å². The summed E-state index contributed by atoms with van der Waals surface area (Å²) in [6.07, 6.45) is 53.8. The number of unbranched alkanes of at least 4 members (excludes halogenated alkanes) is 28. The third kappa shape index (κ3) is 46.9. The maximum atomic E-state index is 13.4. The molecular weight excluding hydrogens is 832 g/mol. The molecule has 3 atom stereocenters. The third-order valence-electron chi connectivity index (χ3n) is 11.8. The highest BCUT2D eigenvalue weighted by Gasteiger charge is 2.30. The quantitative estimate of drug-likeness (QED) is 0.0156. The standard InChI is InChI=1S/C55H103N2O7P/c1-7-10-13-16-19-22-25-27-28-30-33-36-39-42-45-48-55(59)64-53(46-43-40-37-34-32-29-26-23-20-17-14-11-8-2)52(51-63-65(60,61)62-50-49-57(4,5)6)56-54(58)47-44-41-38-35-31-24-21-18-15-12-9-3/h10,13,16,19,22,25,43,46,52-53H,7-9,11-12,14-15,17-18,20-21,23-24,26-42,44-45,47-51H2,1-6H3,(H-,56,58,60,61)/p+1/b13-10+,19-16+,25-22+,46-43+. The van der Waals surface area contributed by atoms with E-state index in [4.69, 9.17) is 13.8 Å². The molecule has 0 aliphatic rings. The van der Waals surface area contributed by atoms with Gasteiger partial charge in [-0.2, -0.15) is 0 Å². The number of quaternary nitrogens is 1. The van der Waals surface area contributed by atoms with Gasteiger partial charge >= 0.3 is 13.8 Å². The van der Waals surface area contributed by atoms with Gasteiger partial charge in [-0.3, -0.25) is 18.6 Å². The fourth-order valence-corrected chi connectivity index (χ4v) is 8.38. The second-order valence-corrected chi connectivity index (χ2v) is 20.9. The van der Waals surface area contributed by atoms with Crippen LogP contribution in [0.15, 0.2) is 48.6 Å². The molecular formula is C55H104N2O7P+. The number of amides is 1. The van der Waals surface area contributed by atoms with E-state index in [0.717, 1.165) is 77.0 Å². The van der Waals surface area contributed by atoms with Crippen LogP contribution in [0.25, 0.3) is 0 Å². The fourth-order valence-electron chi connectivity index (χ4n) is 7.65. The van der Waals surface area contributed by atoms with Gasteiger partial charge in [-0.05, 0) is 51.0 Å². The molecule has 0 fully saturated rings. The molecule has 0 saturated heterocycles. The van der Waals surface area contributed by atoms with Crippen LogP contribution in [0.2, 0.25) is 0 Å². The Morgan fingerprint density at radius 3 is 1.46 bits per heavy atom. The van der Waals surface area contributed by atoms with E-state index in [1.165, 1.54) is 128 Å². The van der Waals surface area contributed by atoms with Gasteiger partial charge in [0, 0.05) is 12.8 Å². The van der Waals surface area contributed by atoms with Crippen molar-refractivity contribution in [2.45, 2.75) is 251 Å². The molecule has 9 nitrogen and oxygen atoms in total. The van der Waals surface area contributed by atoms with Crippen LogP contribution in [0.3, 0.4) is 0 Å². The molecule has 2 N–H and O–H groups in total. The van der Waals surface area contributed by atoms with Gasteiger partial charge in [-0.15, -0.1) is 0 Å². The minimum atomic E-state index is -4.44. The molecule has 65 heavy (non-hydrogen) atoms. The first-order chi connectivity index (χ1) is 31.4. The Morgan fingerprint density at radius 2 is 0.985 bits per heavy atom. The molecule has 0 spiro atoms. The molecule has 10 heteroatoms. The Bertz CT molecular complexity index is 1260. The van der Waals surface area contributed by atoms with Crippen molar-refractivity contribution < 1.29 is 37.3 Å². The van der Waals surface area contributed by atoms with Crippen molar-refractivity contribution >= 4 is 19.7 Å². The molecule has 1 amide bonds. The summed E-state index contributed by atoms with van der Waals surface area (Å²) in [6, 6.07) is -0.848. The lowest BCUT2D eigenvalue weighted by Gasteiger charge is -2.27. The zero-order valence-electron chi connectivity index (χ0n) is 43.2. The Balaban J connectivity index is 5.42. The number of nitrogens with one attached hydrogen (secondary N) is 1. The minimum Gasteiger partial charge on any atom is -0.456 e. The molecule has 0 saturated carbocycles. The molecule has 0 rings (SSSR count). The average molecular weight is 936 g/mol. The molecule has 380 valence electrons. The van der Waals surface area contributed by atoms with Gasteiger partial charge < -0.3 is 19.4 Å². The number of nitrogens with zero attached hydrogens (tertiary/aromatic N) is 1. The number of phosphoric ester groups is 1. The summed E-state index contributed by atoms with van der Waals surface area (Å²) >= 11 is 0. The second-order valence-electron chi connectivity index (χ2n) is 19.4. The molecule has 0 aromatic carbocycles. The van der Waals surface area contributed by atoms with E-state index in [2.05, 4.69) is 62.5 Å². The summed E-state index contributed by atoms with van der Waals surface area (Å²) in [5, 5.41) is 3.04. The van der Waals surface area contributed by atoms with E-state index < -0.39 is 20.0 Å². The predicted octanol–water partition coefficient (Wildman–Crippen LogP) is 15.8. The average Bonchev–Trinajstić information content (AvgIpc) is 3.26. The van der Waals surface area contributed by atoms with Crippen LogP contribution in [0.1, 0.15) is 239 Å². The summed E-state index contributed by atoms with van der Waals surface area (Å²) in [7, 11) is 1.49. The van der Waals surface area contributed by atoms with Crippen molar-refractivity contribution in [1.82, 2.24) is 5.32 Å². The first-order valence-corrected chi connectivity index (χ1v) is 28.5. The molecule has 0 radical (unpaired) electrons. The number of carbonyl (C=O) groups is 2. The number of carbonyl (C=O) groups excluding carboxylic acids is 2. The molecule has 0 heterocycles. The zero-order chi connectivity index (χ0) is 48.0. The van der Waals surface area contributed by atoms with Crippen molar-refractivity contribution in [2.24, 2.45) is 0 Å². The van der Waals surface area contributed by atoms with E-state index in [0.29, 0.717) is 17.4 Å². The van der Waals surface area contributed by atoms with Crippen LogP contribution in [0, 0.1) is 0 Å². The van der Waals surface area contributed by atoms with Gasteiger partial charge in [-0.1, -0.05) is 224 Å². The molecule has 0 bridgehead atoms. The summed E-state index contributed by atoms with van der Waals surface area (Å²) in [6.45, 7) is 6.86. The lowest BCUT2D eigenvalue weighted by atomic mass is 10.0. The molecule has 0 aliphatic heterocycles. The third-order valence-corrected chi connectivity index (χ3v) is 12.8.